The van der Waals surface area contributed by atoms with Gasteiger partial charge in [0, 0.05) is 64.2 Å². The summed E-state index contributed by atoms with van der Waals surface area (Å²) in [6, 6.07) is 4.62. The van der Waals surface area contributed by atoms with E-state index in [0.717, 1.165) is 61.7 Å². The Kier molecular flexibility index (Phi) is 5.71. The quantitative estimate of drug-likeness (QED) is 0.626. The minimum absolute atomic E-state index is 0.103. The standard InChI is InChI=1S/C24H31F3N4OS/c1-15(2)31-22(11-21(29-31)20-9-17(4-6-28-20)24(25,26)27)19-10-18(8-16(19)3)30-7-5-23(12-30)13-33(32)14-23/h4,6,9,11,15-16,18-19H,5,7-8,10,12-14H2,1-3H3/t16?,18?,19-,23?,33?/m1/s1. The number of nitrogens with zero attached hydrogens (tertiary/aromatic N) is 4. The Morgan fingerprint density at radius 1 is 1.18 bits per heavy atom. The van der Waals surface area contributed by atoms with Crippen LogP contribution in [0.2, 0.25) is 0 Å². The summed E-state index contributed by atoms with van der Waals surface area (Å²) in [5.74, 6) is 2.46. The van der Waals surface area contributed by atoms with Crippen LogP contribution in [0.1, 0.15) is 63.3 Å². The Morgan fingerprint density at radius 3 is 2.61 bits per heavy atom. The monoisotopic (exact) mass is 480 g/mol. The normalized spacial score (nSPS) is 32.7. The van der Waals surface area contributed by atoms with E-state index < -0.39 is 22.5 Å². The third-order valence-corrected chi connectivity index (χ3v) is 9.63. The van der Waals surface area contributed by atoms with Crippen LogP contribution in [-0.2, 0) is 17.0 Å². The van der Waals surface area contributed by atoms with Gasteiger partial charge < -0.3 is 0 Å². The molecule has 4 heterocycles. The van der Waals surface area contributed by atoms with Crippen molar-refractivity contribution in [3.8, 4) is 11.4 Å². The number of pyridine rings is 1. The Labute approximate surface area is 195 Å². The van der Waals surface area contributed by atoms with Gasteiger partial charge >= 0.3 is 6.18 Å². The molecular formula is C24H31F3N4OS. The van der Waals surface area contributed by atoms with Gasteiger partial charge in [0.25, 0.3) is 0 Å². The molecule has 180 valence electrons. The summed E-state index contributed by atoms with van der Waals surface area (Å²) >= 11 is 0. The van der Waals surface area contributed by atoms with Crippen molar-refractivity contribution in [1.29, 1.82) is 0 Å². The van der Waals surface area contributed by atoms with Gasteiger partial charge in [0.15, 0.2) is 0 Å². The van der Waals surface area contributed by atoms with E-state index in [4.69, 9.17) is 5.10 Å². The zero-order valence-electron chi connectivity index (χ0n) is 19.3. The molecule has 1 saturated carbocycles. The highest BCUT2D eigenvalue weighted by molar-refractivity contribution is 7.86. The van der Waals surface area contributed by atoms with Gasteiger partial charge in [-0.2, -0.15) is 18.3 Å². The molecular weight excluding hydrogens is 449 g/mol. The van der Waals surface area contributed by atoms with E-state index in [1.807, 2.05) is 10.7 Å². The predicted molar refractivity (Wildman–Crippen MR) is 122 cm³/mol. The SMILES string of the molecule is CC1CC(N2CCC3(C2)CS(=O)C3)C[C@H]1c1cc(-c2cc(C(F)(F)F)ccn2)nn1C(C)C. The highest BCUT2D eigenvalue weighted by Crippen LogP contribution is 2.47. The van der Waals surface area contributed by atoms with Crippen molar-refractivity contribution in [2.75, 3.05) is 24.6 Å². The second kappa shape index (κ2) is 8.18. The predicted octanol–water partition coefficient (Wildman–Crippen LogP) is 4.88. The highest BCUT2D eigenvalue weighted by Gasteiger charge is 2.50. The Balaban J connectivity index is 1.39. The van der Waals surface area contributed by atoms with E-state index in [-0.39, 0.29) is 17.2 Å². The lowest BCUT2D eigenvalue weighted by Crippen LogP contribution is -2.47. The molecule has 5 nitrogen and oxygen atoms in total. The first kappa shape index (κ1) is 23.0. The van der Waals surface area contributed by atoms with Crippen molar-refractivity contribution < 1.29 is 17.4 Å². The summed E-state index contributed by atoms with van der Waals surface area (Å²) < 4.78 is 53.3. The van der Waals surface area contributed by atoms with Crippen LogP contribution < -0.4 is 0 Å². The lowest BCUT2D eigenvalue weighted by Gasteiger charge is -2.38. The zero-order chi connectivity index (χ0) is 23.5. The van der Waals surface area contributed by atoms with Gasteiger partial charge in [-0.05, 0) is 63.8 Å². The third kappa shape index (κ3) is 4.27. The fourth-order valence-electron chi connectivity index (χ4n) is 6.05. The van der Waals surface area contributed by atoms with Gasteiger partial charge in [0.2, 0.25) is 0 Å². The number of rotatable bonds is 4. The van der Waals surface area contributed by atoms with Crippen LogP contribution in [0.4, 0.5) is 13.2 Å². The summed E-state index contributed by atoms with van der Waals surface area (Å²) in [7, 11) is -0.627. The maximum atomic E-state index is 13.2. The molecule has 9 heteroatoms. The summed E-state index contributed by atoms with van der Waals surface area (Å²) in [6.45, 7) is 8.50. The van der Waals surface area contributed by atoms with E-state index in [9.17, 15) is 17.4 Å². The first-order valence-corrected chi connectivity index (χ1v) is 13.3. The molecule has 1 aliphatic carbocycles. The Morgan fingerprint density at radius 2 is 1.94 bits per heavy atom. The molecule has 0 N–H and O–H groups in total. The lowest BCUT2D eigenvalue weighted by atomic mass is 9.91. The molecule has 0 bridgehead atoms. The molecule has 3 fully saturated rings. The second-order valence-electron chi connectivity index (χ2n) is 10.6. The number of alkyl halides is 3. The lowest BCUT2D eigenvalue weighted by molar-refractivity contribution is -0.137. The molecule has 0 radical (unpaired) electrons. The molecule has 2 saturated heterocycles. The molecule has 5 rings (SSSR count). The smallest absolute Gasteiger partial charge is 0.300 e. The van der Waals surface area contributed by atoms with E-state index >= 15 is 0 Å². The molecule has 33 heavy (non-hydrogen) atoms. The van der Waals surface area contributed by atoms with Crippen LogP contribution in [0.25, 0.3) is 11.4 Å². The molecule has 3 atom stereocenters. The van der Waals surface area contributed by atoms with Crippen LogP contribution >= 0.6 is 0 Å². The zero-order valence-corrected chi connectivity index (χ0v) is 20.1. The summed E-state index contributed by atoms with van der Waals surface area (Å²) in [4.78, 5) is 6.78. The van der Waals surface area contributed by atoms with Crippen molar-refractivity contribution in [2.24, 2.45) is 11.3 Å². The highest BCUT2D eigenvalue weighted by atomic mass is 32.2. The van der Waals surface area contributed by atoms with E-state index in [0.29, 0.717) is 23.6 Å². The van der Waals surface area contributed by atoms with Gasteiger partial charge in [-0.15, -0.1) is 0 Å². The molecule has 0 aromatic carbocycles. The van der Waals surface area contributed by atoms with Gasteiger partial charge in [-0.25, -0.2) is 0 Å². The maximum Gasteiger partial charge on any atom is 0.416 e. The van der Waals surface area contributed by atoms with Crippen molar-refractivity contribution in [3.63, 3.8) is 0 Å². The number of halogens is 3. The fraction of sp³-hybridized carbons (Fsp3) is 0.667. The molecule has 2 aliphatic heterocycles. The molecule has 2 unspecified atom stereocenters. The number of hydrogen-bond acceptors (Lipinski definition) is 4. The Bertz CT molecular complexity index is 1060. The van der Waals surface area contributed by atoms with Crippen molar-refractivity contribution in [2.45, 2.75) is 64.2 Å². The number of hydrogen-bond donors (Lipinski definition) is 0. The molecule has 2 aromatic rings. The Hall–Kier alpha value is -1.74. The second-order valence-corrected chi connectivity index (χ2v) is 12.0. The van der Waals surface area contributed by atoms with Crippen molar-refractivity contribution in [1.82, 2.24) is 19.7 Å². The van der Waals surface area contributed by atoms with Gasteiger partial charge in [-0.3, -0.25) is 18.8 Å². The first-order valence-electron chi connectivity index (χ1n) is 11.8. The van der Waals surface area contributed by atoms with Gasteiger partial charge in [0.1, 0.15) is 5.69 Å². The van der Waals surface area contributed by atoms with Crippen LogP contribution in [0, 0.1) is 11.3 Å². The van der Waals surface area contributed by atoms with Crippen LogP contribution in [0.3, 0.4) is 0 Å². The maximum absolute atomic E-state index is 13.2. The summed E-state index contributed by atoms with van der Waals surface area (Å²) in [6.07, 6.45) is 0.0631. The van der Waals surface area contributed by atoms with E-state index in [2.05, 4.69) is 30.7 Å². The topological polar surface area (TPSA) is 51.0 Å². The minimum Gasteiger partial charge on any atom is -0.300 e. The fourth-order valence-corrected chi connectivity index (χ4v) is 7.81. The van der Waals surface area contributed by atoms with E-state index in [1.165, 1.54) is 6.20 Å². The summed E-state index contributed by atoms with van der Waals surface area (Å²) in [5, 5.41) is 4.70. The summed E-state index contributed by atoms with van der Waals surface area (Å²) in [5.41, 5.74) is 1.41. The largest absolute Gasteiger partial charge is 0.416 e. The van der Waals surface area contributed by atoms with Crippen LogP contribution in [0.15, 0.2) is 24.4 Å². The average Bonchev–Trinajstić information content (AvgIpc) is 3.43. The average molecular weight is 481 g/mol. The van der Waals surface area contributed by atoms with Crippen LogP contribution in [-0.4, -0.2) is 54.5 Å². The molecule has 3 aliphatic rings. The van der Waals surface area contributed by atoms with E-state index in [1.54, 1.807) is 0 Å². The van der Waals surface area contributed by atoms with Crippen LogP contribution in [0.5, 0.6) is 0 Å². The van der Waals surface area contributed by atoms with Gasteiger partial charge in [0.05, 0.1) is 11.3 Å². The van der Waals surface area contributed by atoms with Crippen molar-refractivity contribution in [3.05, 3.63) is 35.7 Å². The van der Waals surface area contributed by atoms with Crippen molar-refractivity contribution >= 4 is 10.8 Å². The number of aromatic nitrogens is 3. The number of likely N-dealkylation sites (tertiary alicyclic amines) is 1. The third-order valence-electron chi connectivity index (χ3n) is 7.76. The minimum atomic E-state index is -4.41. The molecule has 2 aromatic heterocycles. The van der Waals surface area contributed by atoms with Gasteiger partial charge in [-0.1, -0.05) is 6.92 Å². The molecule has 1 spiro atoms. The first-order chi connectivity index (χ1) is 15.5. The molecule has 0 amide bonds.